The van der Waals surface area contributed by atoms with E-state index in [1.165, 1.54) is 50.4 Å². The summed E-state index contributed by atoms with van der Waals surface area (Å²) >= 11 is 2.56. The largest absolute Gasteiger partial charge is 0.441 e. The highest BCUT2D eigenvalue weighted by Gasteiger charge is 2.54. The fourth-order valence-electron chi connectivity index (χ4n) is 10.6. The van der Waals surface area contributed by atoms with Gasteiger partial charge in [0.1, 0.15) is 94.1 Å². The highest BCUT2D eigenvalue weighted by molar-refractivity contribution is 7.95. The monoisotopic (exact) mass is 1410 g/mol. The highest BCUT2D eigenvalue weighted by Crippen LogP contribution is 2.38. The van der Waals surface area contributed by atoms with E-state index in [4.69, 9.17) is 52.4 Å². The molecule has 6 amide bonds. The number of aliphatic hydroxyl groups excluding tert-OH is 8. The maximum absolute atomic E-state index is 15.3. The lowest BCUT2D eigenvalue weighted by Crippen LogP contribution is -2.65. The number of carbonyl (C=O) groups excluding carboxylic acids is 8. The normalized spacial score (nSPS) is 24.1. The molecule has 0 radical (unpaired) electrons. The quantitative estimate of drug-likeness (QED) is 0.0115. The average molecular weight is 1410 g/mol. The Bertz CT molecular complexity index is 3270. The number of aromatic nitrogens is 6. The Morgan fingerprint density at radius 1 is 0.792 bits per heavy atom. The lowest BCUT2D eigenvalue weighted by molar-refractivity contribution is -0.373. The summed E-state index contributed by atoms with van der Waals surface area (Å²) in [6, 6.07) is -2.59. The van der Waals surface area contributed by atoms with Crippen LogP contribution < -0.4 is 44.6 Å². The molecule has 0 saturated carbocycles. The van der Waals surface area contributed by atoms with Crippen LogP contribution in [0.5, 0.6) is 0 Å². The molecule has 0 aliphatic carbocycles. The molecule has 0 bridgehead atoms. The SMILES string of the molecule is Cc1c(N)nc([C@@H](CC[C@H](N)C(N)=O)CC(N)=O)nc1C(=O)C[C@H](C(=O)N[C@H](C)[C@@H](O)[C@H](C)C(=O)C[C@H](C(=O)NCCc1nc(-c2nc(C(=O)NCCC[S+](C)C)cs2)cs1)[C@@H](C)O)[C@@H](O[C@@H]1OC(CO)[C@@H](O)[C@@H](O)C1O[C@H]1OC(CO)[C@@H](O)C(OC(N)=O)[C@H]1O)c1cnc[nH]1. The van der Waals surface area contributed by atoms with Crippen LogP contribution in [0, 0.1) is 24.7 Å². The van der Waals surface area contributed by atoms with Crippen molar-refractivity contribution in [2.24, 2.45) is 40.7 Å². The predicted molar refractivity (Wildman–Crippen MR) is 342 cm³/mol. The number of amides is 6. The number of nitrogens with two attached hydrogens (primary N) is 5. The summed E-state index contributed by atoms with van der Waals surface area (Å²) in [4.78, 5) is 132. The van der Waals surface area contributed by atoms with E-state index in [9.17, 15) is 69.6 Å². The van der Waals surface area contributed by atoms with E-state index < -0.39 is 195 Å². The topological polar surface area (TPSA) is 591 Å². The zero-order valence-corrected chi connectivity index (χ0v) is 55.9. The van der Waals surface area contributed by atoms with Gasteiger partial charge in [-0.15, -0.1) is 22.7 Å². The highest BCUT2D eigenvalue weighted by atomic mass is 32.2. The molecule has 0 spiro atoms. The number of hydrogen-bond donors (Lipinski definition) is 17. The van der Waals surface area contributed by atoms with Gasteiger partial charge in [0.25, 0.3) is 5.91 Å². The van der Waals surface area contributed by atoms with Crippen LogP contribution >= 0.6 is 22.7 Å². The van der Waals surface area contributed by atoms with E-state index >= 15 is 9.59 Å². The van der Waals surface area contributed by atoms with Crippen molar-refractivity contribution in [3.05, 3.63) is 56.8 Å². The second kappa shape index (κ2) is 36.1. The molecule has 2 aliphatic rings. The number of ketones is 2. The maximum atomic E-state index is 15.3. The molecule has 4 unspecified atom stereocenters. The smallest absolute Gasteiger partial charge is 0.404 e. The van der Waals surface area contributed by atoms with Crippen molar-refractivity contribution < 1.29 is 103 Å². The third kappa shape index (κ3) is 20.8. The Hall–Kier alpha value is -6.86. The van der Waals surface area contributed by atoms with Gasteiger partial charge >= 0.3 is 6.09 Å². The Balaban J connectivity index is 1.26. The summed E-state index contributed by atoms with van der Waals surface area (Å²) in [6.45, 7) is 3.92. The minimum absolute atomic E-state index is 0.0249. The van der Waals surface area contributed by atoms with Crippen molar-refractivity contribution in [1.29, 1.82) is 0 Å². The van der Waals surface area contributed by atoms with Crippen molar-refractivity contribution in [1.82, 2.24) is 45.9 Å². The van der Waals surface area contributed by atoms with Crippen molar-refractivity contribution in [2.45, 2.75) is 170 Å². The zero-order valence-electron chi connectivity index (χ0n) is 53.5. The van der Waals surface area contributed by atoms with E-state index in [1.807, 2.05) is 0 Å². The fraction of sp³-hybridized carbons (Fsp3) is 0.638. The number of hydrogen-bond acceptors (Lipinski definition) is 30. The van der Waals surface area contributed by atoms with Gasteiger partial charge in [0.15, 0.2) is 24.5 Å². The van der Waals surface area contributed by atoms with Gasteiger partial charge in [0, 0.05) is 73.4 Å². The number of anilines is 1. The van der Waals surface area contributed by atoms with Gasteiger partial charge in [0.2, 0.25) is 23.6 Å². The van der Waals surface area contributed by atoms with Crippen molar-refractivity contribution in [3.8, 4) is 10.7 Å². The number of nitrogen functional groups attached to an aromatic ring is 1. The number of aliphatic hydroxyl groups is 8. The predicted octanol–water partition coefficient (Wildman–Crippen LogP) is -4.29. The minimum atomic E-state index is -2.17. The molecule has 0 aromatic carbocycles. The van der Waals surface area contributed by atoms with Crippen LogP contribution in [-0.2, 0) is 65.0 Å². The Labute approximate surface area is 561 Å². The minimum Gasteiger partial charge on any atom is -0.441 e. The number of imidazole rings is 1. The molecule has 4 aromatic rings. The summed E-state index contributed by atoms with van der Waals surface area (Å²) in [5, 5.41) is 101. The molecule has 19 atom stereocenters. The van der Waals surface area contributed by atoms with Crippen molar-refractivity contribution in [2.75, 3.05) is 50.3 Å². The number of carbonyl (C=O) groups is 8. The first-order valence-electron chi connectivity index (χ1n) is 30.6. The summed E-state index contributed by atoms with van der Waals surface area (Å²) in [5.41, 5.74) is 28.7. The summed E-state index contributed by atoms with van der Waals surface area (Å²) in [5.74, 6) is -10.5. The first-order chi connectivity index (χ1) is 45.3. The van der Waals surface area contributed by atoms with Crippen LogP contribution in [0.2, 0.25) is 0 Å². The molecule has 4 aromatic heterocycles. The Kier molecular flexibility index (Phi) is 29.4. The summed E-state index contributed by atoms with van der Waals surface area (Å²) in [6.07, 6.45) is -20.7. The molecule has 532 valence electrons. The third-order valence-electron chi connectivity index (χ3n) is 16.3. The van der Waals surface area contributed by atoms with Crippen LogP contribution in [0.3, 0.4) is 0 Å². The lowest BCUT2D eigenvalue weighted by Gasteiger charge is -2.47. The summed E-state index contributed by atoms with van der Waals surface area (Å²) in [7, 11) is 0.259. The number of nitrogens with one attached hydrogen (secondary N) is 4. The number of aromatic amines is 1. The maximum Gasteiger partial charge on any atom is 0.404 e. The van der Waals surface area contributed by atoms with Gasteiger partial charge in [-0.3, -0.25) is 33.6 Å². The molecule has 6 rings (SSSR count). The number of thiazole rings is 2. The lowest BCUT2D eigenvalue weighted by atomic mass is 9.86. The molecule has 6 heterocycles. The first-order valence-corrected chi connectivity index (χ1v) is 34.5. The van der Waals surface area contributed by atoms with Crippen LogP contribution in [0.25, 0.3) is 10.7 Å². The summed E-state index contributed by atoms with van der Waals surface area (Å²) < 4.78 is 28.9. The van der Waals surface area contributed by atoms with Gasteiger partial charge in [-0.1, -0.05) is 6.92 Å². The van der Waals surface area contributed by atoms with E-state index in [0.717, 1.165) is 24.7 Å². The molecule has 96 heavy (non-hydrogen) atoms. The molecule has 35 nitrogen and oxygen atoms in total. The number of primary amides is 3. The van der Waals surface area contributed by atoms with Crippen LogP contribution in [0.1, 0.15) is 114 Å². The van der Waals surface area contributed by atoms with Crippen LogP contribution in [-0.4, -0.2) is 248 Å². The second-order valence-electron chi connectivity index (χ2n) is 23.7. The van der Waals surface area contributed by atoms with Crippen LogP contribution in [0.15, 0.2) is 23.3 Å². The molecule has 2 aliphatic heterocycles. The molecular formula is C58H87N14O21S3+. The standard InChI is InChI=1S/C58H86N14O21S3/c1-23(34(76)15-28(26(4)75)52(85)66-12-10-39-69-33(21-94-39)55-70-32(20-95-55)54(87)65-11-7-13-96(5)6)41(79)25(3)68-53(86)29(16-35(77)40-24(2)49(61)72-51(71-40)27(14-38(60)78)8-9-30(59)50(62)84)46(31-17-64-22-67-31)91-57-48(44(82)42(80)36(18-73)90-57)92-56-45(83)47(93-58(63)88)43(81)37(19-74)89-56/h17,20-23,25-30,36-37,41-48,56-57,73-75,79-83H,7-16,18-19,59H2,1-6H3,(H11-,60,61,62,63,64,65,66,67,68,71,72,78,84,85,86,87,88)/p+1/t23-,25-,26-,27+,28+,29+,30+,36?,37?,41+,42-,43-,44-,45-,46-,47?,48?,56-,57+/m1/s1. The van der Waals surface area contributed by atoms with E-state index in [0.29, 0.717) is 22.3 Å². The van der Waals surface area contributed by atoms with E-state index in [-0.39, 0.29) is 71.2 Å². The second-order valence-corrected chi connectivity index (χ2v) is 27.9. The molecule has 22 N–H and O–H groups in total. The number of H-pyrrole nitrogens is 1. The van der Waals surface area contributed by atoms with Gasteiger partial charge < -0.3 is 114 Å². The van der Waals surface area contributed by atoms with Crippen LogP contribution in [0.4, 0.5) is 10.6 Å². The number of ether oxygens (including phenoxy) is 5. The zero-order chi connectivity index (χ0) is 71.0. The number of rotatable bonds is 37. The molecule has 38 heteroatoms. The number of Topliss-reactive ketones (excluding diaryl/α,β-unsaturated/α-hetero) is 2. The van der Waals surface area contributed by atoms with Gasteiger partial charge in [-0.2, -0.15) is 0 Å². The Morgan fingerprint density at radius 3 is 2.10 bits per heavy atom. The van der Waals surface area contributed by atoms with Crippen molar-refractivity contribution in [3.63, 3.8) is 0 Å². The Morgan fingerprint density at radius 2 is 1.48 bits per heavy atom. The molecule has 2 fully saturated rings. The first kappa shape index (κ1) is 78.1. The molecular weight excluding hydrogens is 1320 g/mol. The third-order valence-corrected chi connectivity index (χ3v) is 19.2. The number of nitrogens with zero attached hydrogens (tertiary/aromatic N) is 5. The molecule has 2 saturated heterocycles. The van der Waals surface area contributed by atoms with Gasteiger partial charge in [0.05, 0.1) is 85.1 Å². The average Bonchev–Trinajstić information content (AvgIpc) is 0.883. The fourth-order valence-corrected chi connectivity index (χ4v) is 12.9. The van der Waals surface area contributed by atoms with E-state index in [1.54, 1.807) is 10.8 Å². The van der Waals surface area contributed by atoms with Crippen molar-refractivity contribution >= 4 is 86.6 Å². The van der Waals surface area contributed by atoms with E-state index in [2.05, 4.69) is 58.4 Å². The van der Waals surface area contributed by atoms with Gasteiger partial charge in [-0.05, 0) is 44.5 Å². The van der Waals surface area contributed by atoms with Gasteiger partial charge in [-0.25, -0.2) is 29.7 Å².